The van der Waals surface area contributed by atoms with Crippen LogP contribution in [0.15, 0.2) is 0 Å². The Labute approximate surface area is 61.9 Å². The molecule has 1 aliphatic carbocycles. The number of nitrogens with two attached hydrogens (primary N) is 1. The van der Waals surface area contributed by atoms with Crippen LogP contribution in [0.3, 0.4) is 0 Å². The van der Waals surface area contributed by atoms with Gasteiger partial charge in [0.05, 0.1) is 5.60 Å². The van der Waals surface area contributed by atoms with Crippen molar-refractivity contribution in [1.82, 2.24) is 5.43 Å². The van der Waals surface area contributed by atoms with Crippen molar-refractivity contribution in [2.24, 2.45) is 5.84 Å². The van der Waals surface area contributed by atoms with Crippen LogP contribution in [0.5, 0.6) is 0 Å². The van der Waals surface area contributed by atoms with Gasteiger partial charge in [0.1, 0.15) is 0 Å². The van der Waals surface area contributed by atoms with E-state index in [1.807, 2.05) is 0 Å². The van der Waals surface area contributed by atoms with Gasteiger partial charge in [-0.25, -0.2) is 0 Å². The summed E-state index contributed by atoms with van der Waals surface area (Å²) in [5.41, 5.74) is 2.77. The third kappa shape index (κ3) is 1.05. The van der Waals surface area contributed by atoms with Crippen LogP contribution in [0.1, 0.15) is 26.2 Å². The van der Waals surface area contributed by atoms with E-state index in [0.717, 1.165) is 12.8 Å². The maximum Gasteiger partial charge on any atom is 0.0841 e. The summed E-state index contributed by atoms with van der Waals surface area (Å²) in [5, 5.41) is 0. The number of hydrogen-bond donors (Lipinski definition) is 2. The van der Waals surface area contributed by atoms with E-state index in [-0.39, 0.29) is 11.6 Å². The first-order chi connectivity index (χ1) is 4.75. The number of methoxy groups -OCH3 is 1. The summed E-state index contributed by atoms with van der Waals surface area (Å²) in [6.07, 6.45) is 3.53. The minimum atomic E-state index is 0.0365. The smallest absolute Gasteiger partial charge is 0.0841 e. The van der Waals surface area contributed by atoms with Crippen molar-refractivity contribution >= 4 is 0 Å². The van der Waals surface area contributed by atoms with Crippen molar-refractivity contribution < 1.29 is 4.74 Å². The van der Waals surface area contributed by atoms with Gasteiger partial charge < -0.3 is 4.74 Å². The average Bonchev–Trinajstić information content (AvgIpc) is 1.86. The first kappa shape index (κ1) is 7.98. The molecule has 0 amide bonds. The van der Waals surface area contributed by atoms with E-state index in [1.165, 1.54) is 6.42 Å². The fourth-order valence-corrected chi connectivity index (χ4v) is 1.49. The molecule has 0 aliphatic heterocycles. The fourth-order valence-electron chi connectivity index (χ4n) is 1.49. The van der Waals surface area contributed by atoms with Gasteiger partial charge in [0.2, 0.25) is 0 Å². The molecule has 1 aliphatic rings. The summed E-state index contributed by atoms with van der Waals surface area (Å²) in [4.78, 5) is 0. The number of ether oxygens (including phenoxy) is 1. The highest BCUT2D eigenvalue weighted by atomic mass is 16.5. The zero-order valence-electron chi connectivity index (χ0n) is 6.68. The molecule has 3 N–H and O–H groups in total. The van der Waals surface area contributed by atoms with Crippen LogP contribution in [0, 0.1) is 0 Å². The summed E-state index contributed by atoms with van der Waals surface area (Å²) >= 11 is 0. The third-order valence-corrected chi connectivity index (χ3v) is 2.65. The van der Waals surface area contributed by atoms with Gasteiger partial charge in [0.25, 0.3) is 0 Å². The Hall–Kier alpha value is -0.120. The van der Waals surface area contributed by atoms with Crippen LogP contribution in [0.4, 0.5) is 0 Å². The summed E-state index contributed by atoms with van der Waals surface area (Å²) < 4.78 is 5.38. The molecule has 0 radical (unpaired) electrons. The summed E-state index contributed by atoms with van der Waals surface area (Å²) in [6, 6.07) is 0.270. The minimum Gasteiger partial charge on any atom is -0.377 e. The lowest BCUT2D eigenvalue weighted by Gasteiger charge is -2.44. The third-order valence-electron chi connectivity index (χ3n) is 2.65. The summed E-state index contributed by atoms with van der Waals surface area (Å²) in [6.45, 7) is 2.06. The molecule has 1 saturated carbocycles. The molecule has 0 saturated heterocycles. The lowest BCUT2D eigenvalue weighted by atomic mass is 9.75. The topological polar surface area (TPSA) is 47.3 Å². The second-order valence-electron chi connectivity index (χ2n) is 3.01. The molecule has 0 spiro atoms. The van der Waals surface area contributed by atoms with Gasteiger partial charge >= 0.3 is 0 Å². The van der Waals surface area contributed by atoms with E-state index in [2.05, 4.69) is 12.3 Å². The molecular weight excluding hydrogens is 128 g/mol. The van der Waals surface area contributed by atoms with Gasteiger partial charge in [-0.3, -0.25) is 11.3 Å². The predicted molar refractivity (Wildman–Crippen MR) is 40.4 cm³/mol. The highest BCUT2D eigenvalue weighted by molar-refractivity contribution is 4.96. The Morgan fingerprint density at radius 1 is 1.60 bits per heavy atom. The molecule has 0 heterocycles. The van der Waals surface area contributed by atoms with E-state index < -0.39 is 0 Å². The number of hydrogen-bond acceptors (Lipinski definition) is 3. The summed E-state index contributed by atoms with van der Waals surface area (Å²) in [5.74, 6) is 5.31. The van der Waals surface area contributed by atoms with Crippen molar-refractivity contribution in [1.29, 1.82) is 0 Å². The first-order valence-electron chi connectivity index (χ1n) is 3.76. The van der Waals surface area contributed by atoms with E-state index in [0.29, 0.717) is 0 Å². The number of hydrazine groups is 1. The molecule has 1 atom stereocenters. The van der Waals surface area contributed by atoms with Crippen LogP contribution in [-0.2, 0) is 4.74 Å². The number of rotatable bonds is 3. The van der Waals surface area contributed by atoms with Gasteiger partial charge in [0, 0.05) is 13.2 Å². The molecule has 0 aromatic carbocycles. The predicted octanol–water partition coefficient (Wildman–Crippen LogP) is 0.407. The fraction of sp³-hybridized carbons (Fsp3) is 1.00. The maximum atomic E-state index is 5.38. The van der Waals surface area contributed by atoms with E-state index in [1.54, 1.807) is 7.11 Å². The SMILES string of the molecule is COC1(C(C)NN)CCC1. The molecule has 0 aromatic rings. The molecule has 60 valence electrons. The standard InChI is InChI=1S/C7H16N2O/c1-6(9-8)7(10-2)4-3-5-7/h6,9H,3-5,8H2,1-2H3. The van der Waals surface area contributed by atoms with Crippen LogP contribution in [0.25, 0.3) is 0 Å². The van der Waals surface area contributed by atoms with Gasteiger partial charge in [-0.05, 0) is 26.2 Å². The lowest BCUT2D eigenvalue weighted by Crippen LogP contribution is -2.56. The monoisotopic (exact) mass is 144 g/mol. The first-order valence-corrected chi connectivity index (χ1v) is 3.76. The maximum absolute atomic E-state index is 5.38. The van der Waals surface area contributed by atoms with Crippen LogP contribution >= 0.6 is 0 Å². The van der Waals surface area contributed by atoms with Crippen LogP contribution in [-0.4, -0.2) is 18.8 Å². The highest BCUT2D eigenvalue weighted by Gasteiger charge is 2.41. The van der Waals surface area contributed by atoms with Crippen molar-refractivity contribution in [2.75, 3.05) is 7.11 Å². The van der Waals surface area contributed by atoms with Crippen LogP contribution in [0.2, 0.25) is 0 Å². The molecule has 1 fully saturated rings. The van der Waals surface area contributed by atoms with Gasteiger partial charge in [-0.2, -0.15) is 0 Å². The van der Waals surface area contributed by atoms with Crippen molar-refractivity contribution in [3.05, 3.63) is 0 Å². The molecule has 3 heteroatoms. The van der Waals surface area contributed by atoms with E-state index >= 15 is 0 Å². The average molecular weight is 144 g/mol. The molecular formula is C7H16N2O. The minimum absolute atomic E-state index is 0.0365. The van der Waals surface area contributed by atoms with E-state index in [9.17, 15) is 0 Å². The summed E-state index contributed by atoms with van der Waals surface area (Å²) in [7, 11) is 1.76. The van der Waals surface area contributed by atoms with Crippen molar-refractivity contribution in [2.45, 2.75) is 37.8 Å². The van der Waals surface area contributed by atoms with Crippen LogP contribution < -0.4 is 11.3 Å². The Kier molecular flexibility index (Phi) is 2.28. The lowest BCUT2D eigenvalue weighted by molar-refractivity contribution is -0.0941. The second kappa shape index (κ2) is 2.86. The highest BCUT2D eigenvalue weighted by Crippen LogP contribution is 2.37. The van der Waals surface area contributed by atoms with Gasteiger partial charge in [-0.1, -0.05) is 0 Å². The Morgan fingerprint density at radius 2 is 2.20 bits per heavy atom. The molecule has 10 heavy (non-hydrogen) atoms. The Morgan fingerprint density at radius 3 is 2.30 bits per heavy atom. The largest absolute Gasteiger partial charge is 0.377 e. The van der Waals surface area contributed by atoms with Gasteiger partial charge in [0.15, 0.2) is 0 Å². The molecule has 0 aromatic heterocycles. The van der Waals surface area contributed by atoms with E-state index in [4.69, 9.17) is 10.6 Å². The number of nitrogens with one attached hydrogen (secondary N) is 1. The quantitative estimate of drug-likeness (QED) is 0.445. The van der Waals surface area contributed by atoms with Gasteiger partial charge in [-0.15, -0.1) is 0 Å². The molecule has 1 rings (SSSR count). The Bertz CT molecular complexity index is 107. The zero-order chi connectivity index (χ0) is 7.61. The van der Waals surface area contributed by atoms with Crippen molar-refractivity contribution in [3.63, 3.8) is 0 Å². The Balaban J connectivity index is 2.46. The molecule has 3 nitrogen and oxygen atoms in total. The molecule has 1 unspecified atom stereocenters. The zero-order valence-corrected chi connectivity index (χ0v) is 6.68. The second-order valence-corrected chi connectivity index (χ2v) is 3.01. The molecule has 0 bridgehead atoms. The van der Waals surface area contributed by atoms with Crippen molar-refractivity contribution in [3.8, 4) is 0 Å². The normalized spacial score (nSPS) is 25.5.